The minimum absolute atomic E-state index is 0.0257. The molecule has 2 N–H and O–H groups in total. The number of anilines is 1. The van der Waals surface area contributed by atoms with Crippen LogP contribution in [0.2, 0.25) is 0 Å². The molecule has 0 aliphatic carbocycles. The lowest BCUT2D eigenvalue weighted by atomic mass is 9.86. The van der Waals surface area contributed by atoms with Gasteiger partial charge in [0.25, 0.3) is 0 Å². The Morgan fingerprint density at radius 3 is 2.72 bits per heavy atom. The van der Waals surface area contributed by atoms with Crippen molar-refractivity contribution < 1.29 is 0 Å². The number of aromatic nitrogens is 2. The van der Waals surface area contributed by atoms with Crippen LogP contribution in [0.5, 0.6) is 0 Å². The van der Waals surface area contributed by atoms with Crippen molar-refractivity contribution in [1.29, 1.82) is 0 Å². The van der Waals surface area contributed by atoms with Gasteiger partial charge >= 0.3 is 0 Å². The van der Waals surface area contributed by atoms with Gasteiger partial charge in [0, 0.05) is 13.1 Å². The summed E-state index contributed by atoms with van der Waals surface area (Å²) in [5.41, 5.74) is 8.12. The highest BCUT2D eigenvalue weighted by molar-refractivity contribution is 5.75. The smallest absolute Gasteiger partial charge is 0.147 e. The van der Waals surface area contributed by atoms with Crippen molar-refractivity contribution in [2.24, 2.45) is 5.73 Å². The number of nitrogens with zero attached hydrogens (tertiary/aromatic N) is 3. The van der Waals surface area contributed by atoms with Gasteiger partial charge in [-0.15, -0.1) is 0 Å². The van der Waals surface area contributed by atoms with E-state index in [-0.39, 0.29) is 5.54 Å². The van der Waals surface area contributed by atoms with Gasteiger partial charge in [-0.25, -0.2) is 4.98 Å². The highest BCUT2D eigenvalue weighted by Crippen LogP contribution is 2.28. The van der Waals surface area contributed by atoms with Crippen LogP contribution in [0.25, 0.3) is 11.0 Å². The molecule has 0 unspecified atom stereocenters. The lowest BCUT2D eigenvalue weighted by molar-refractivity contribution is 0.306. The Bertz CT molecular complexity index is 560. The van der Waals surface area contributed by atoms with Crippen LogP contribution in [0.3, 0.4) is 0 Å². The summed E-state index contributed by atoms with van der Waals surface area (Å²) in [5, 5.41) is 0. The molecular formula is C14H18N4. The van der Waals surface area contributed by atoms with Gasteiger partial charge in [0.1, 0.15) is 5.82 Å². The topological polar surface area (TPSA) is 55.0 Å². The molecule has 18 heavy (non-hydrogen) atoms. The summed E-state index contributed by atoms with van der Waals surface area (Å²) in [6.45, 7) is 3.94. The van der Waals surface area contributed by atoms with Crippen LogP contribution in [-0.2, 0) is 0 Å². The molecule has 4 heteroatoms. The fourth-order valence-corrected chi connectivity index (χ4v) is 2.63. The Labute approximate surface area is 107 Å². The maximum Gasteiger partial charge on any atom is 0.147 e. The number of hydrogen-bond donors (Lipinski definition) is 1. The van der Waals surface area contributed by atoms with Crippen LogP contribution in [0.4, 0.5) is 5.82 Å². The summed E-state index contributed by atoms with van der Waals surface area (Å²) in [5.74, 6) is 0.936. The van der Waals surface area contributed by atoms with Crippen LogP contribution in [0.15, 0.2) is 30.5 Å². The monoisotopic (exact) mass is 242 g/mol. The van der Waals surface area contributed by atoms with Crippen LogP contribution >= 0.6 is 0 Å². The van der Waals surface area contributed by atoms with Crippen LogP contribution in [0, 0.1) is 0 Å². The molecule has 1 fully saturated rings. The highest BCUT2D eigenvalue weighted by Gasteiger charge is 2.39. The number of fused-ring (bicyclic) bond motifs is 1. The predicted molar refractivity (Wildman–Crippen MR) is 73.6 cm³/mol. The van der Waals surface area contributed by atoms with E-state index in [1.54, 1.807) is 0 Å². The zero-order valence-corrected chi connectivity index (χ0v) is 10.6. The van der Waals surface area contributed by atoms with E-state index in [1.165, 1.54) is 0 Å². The molecule has 0 radical (unpaired) electrons. The summed E-state index contributed by atoms with van der Waals surface area (Å²) in [4.78, 5) is 11.3. The molecule has 1 aliphatic heterocycles. The van der Waals surface area contributed by atoms with Gasteiger partial charge in [0.05, 0.1) is 22.8 Å². The van der Waals surface area contributed by atoms with Crippen molar-refractivity contribution in [2.75, 3.05) is 18.0 Å². The molecule has 2 aromatic rings. The molecule has 4 nitrogen and oxygen atoms in total. The van der Waals surface area contributed by atoms with Crippen LogP contribution in [-0.4, -0.2) is 28.6 Å². The Morgan fingerprint density at radius 1 is 1.28 bits per heavy atom. The third kappa shape index (κ3) is 1.93. The van der Waals surface area contributed by atoms with Crippen molar-refractivity contribution in [3.63, 3.8) is 0 Å². The maximum atomic E-state index is 6.26. The molecule has 1 aromatic heterocycles. The summed E-state index contributed by atoms with van der Waals surface area (Å²) in [6.07, 6.45) is 4.05. The Balaban J connectivity index is 1.80. The summed E-state index contributed by atoms with van der Waals surface area (Å²) < 4.78 is 0. The molecule has 94 valence electrons. The number of nitrogens with two attached hydrogens (primary N) is 1. The van der Waals surface area contributed by atoms with E-state index < -0.39 is 0 Å². The fraction of sp³-hybridized carbons (Fsp3) is 0.429. The Morgan fingerprint density at radius 2 is 2.00 bits per heavy atom. The van der Waals surface area contributed by atoms with Gasteiger partial charge in [-0.2, -0.15) is 0 Å². The second-order valence-electron chi connectivity index (χ2n) is 5.19. The van der Waals surface area contributed by atoms with Crippen molar-refractivity contribution in [3.8, 4) is 0 Å². The molecule has 0 saturated carbocycles. The average Bonchev–Trinajstić information content (AvgIpc) is 2.35. The molecule has 0 bridgehead atoms. The first kappa shape index (κ1) is 11.4. The molecule has 0 atom stereocenters. The number of benzene rings is 1. The van der Waals surface area contributed by atoms with Gasteiger partial charge in [0.2, 0.25) is 0 Å². The van der Waals surface area contributed by atoms with E-state index in [9.17, 15) is 0 Å². The minimum atomic E-state index is -0.0257. The molecule has 1 saturated heterocycles. The van der Waals surface area contributed by atoms with Gasteiger partial charge in [-0.3, -0.25) is 4.98 Å². The molecule has 1 aromatic carbocycles. The molecule has 0 spiro atoms. The van der Waals surface area contributed by atoms with Crippen molar-refractivity contribution in [1.82, 2.24) is 9.97 Å². The summed E-state index contributed by atoms with van der Waals surface area (Å²) in [6, 6.07) is 7.94. The average molecular weight is 242 g/mol. The van der Waals surface area contributed by atoms with Gasteiger partial charge in [-0.1, -0.05) is 25.5 Å². The van der Waals surface area contributed by atoms with Crippen molar-refractivity contribution in [2.45, 2.75) is 25.3 Å². The number of hydrogen-bond acceptors (Lipinski definition) is 4. The first-order valence-electron chi connectivity index (χ1n) is 6.46. The first-order valence-corrected chi connectivity index (χ1v) is 6.46. The quantitative estimate of drug-likeness (QED) is 0.893. The fourth-order valence-electron chi connectivity index (χ4n) is 2.63. The molecule has 2 heterocycles. The molecule has 0 amide bonds. The van der Waals surface area contributed by atoms with E-state index in [4.69, 9.17) is 5.73 Å². The summed E-state index contributed by atoms with van der Waals surface area (Å²) in [7, 11) is 0. The first-order chi connectivity index (χ1) is 8.70. The highest BCUT2D eigenvalue weighted by atomic mass is 15.3. The zero-order valence-electron chi connectivity index (χ0n) is 10.6. The third-order valence-corrected chi connectivity index (χ3v) is 3.52. The molecular weight excluding hydrogens is 224 g/mol. The van der Waals surface area contributed by atoms with Crippen LogP contribution in [0.1, 0.15) is 19.8 Å². The molecule has 1 aliphatic rings. The lowest BCUT2D eigenvalue weighted by Crippen LogP contribution is -2.67. The Hall–Kier alpha value is -1.68. The SMILES string of the molecule is CCCC1(N)CN(c2cnc3ccccc3n2)C1. The Kier molecular flexibility index (Phi) is 2.67. The predicted octanol–water partition coefficient (Wildman–Crippen LogP) is 1.95. The normalized spacial score (nSPS) is 17.8. The number of para-hydroxylation sites is 2. The zero-order chi connectivity index (χ0) is 12.6. The minimum Gasteiger partial charge on any atom is -0.351 e. The standard InChI is InChI=1S/C14H18N4/c1-2-7-14(15)9-18(10-14)13-8-16-11-5-3-4-6-12(11)17-13/h3-6,8H,2,7,9-10,15H2,1H3. The van der Waals surface area contributed by atoms with Crippen molar-refractivity contribution >= 4 is 16.9 Å². The third-order valence-electron chi connectivity index (χ3n) is 3.52. The van der Waals surface area contributed by atoms with Crippen molar-refractivity contribution in [3.05, 3.63) is 30.5 Å². The van der Waals surface area contributed by atoms with E-state index in [0.717, 1.165) is 42.8 Å². The van der Waals surface area contributed by atoms with E-state index in [0.29, 0.717) is 0 Å². The van der Waals surface area contributed by atoms with E-state index in [1.807, 2.05) is 30.5 Å². The van der Waals surface area contributed by atoms with Gasteiger partial charge < -0.3 is 10.6 Å². The van der Waals surface area contributed by atoms with Gasteiger partial charge in [0.15, 0.2) is 0 Å². The second-order valence-corrected chi connectivity index (χ2v) is 5.19. The maximum absolute atomic E-state index is 6.26. The lowest BCUT2D eigenvalue weighted by Gasteiger charge is -2.48. The van der Waals surface area contributed by atoms with E-state index in [2.05, 4.69) is 21.8 Å². The van der Waals surface area contributed by atoms with E-state index >= 15 is 0 Å². The largest absolute Gasteiger partial charge is 0.351 e. The van der Waals surface area contributed by atoms with Gasteiger partial charge in [-0.05, 0) is 18.6 Å². The number of rotatable bonds is 3. The van der Waals surface area contributed by atoms with Crippen LogP contribution < -0.4 is 10.6 Å². The molecule has 3 rings (SSSR count). The second kappa shape index (κ2) is 4.21. The summed E-state index contributed by atoms with van der Waals surface area (Å²) >= 11 is 0.